The van der Waals surface area contributed by atoms with Crippen molar-refractivity contribution in [2.45, 2.75) is 6.54 Å². The monoisotopic (exact) mass is 150 g/mol. The number of hydrogen-bond acceptors (Lipinski definition) is 2. The summed E-state index contributed by atoms with van der Waals surface area (Å²) in [5.41, 5.74) is -0.312. The minimum Gasteiger partial charge on any atom is -0.268 e. The van der Waals surface area contributed by atoms with Gasteiger partial charge in [0.15, 0.2) is 0 Å². The molecule has 0 bridgehead atoms. The van der Waals surface area contributed by atoms with Crippen LogP contribution in [0.2, 0.25) is 0 Å². The zero-order valence-corrected chi connectivity index (χ0v) is 5.73. The van der Waals surface area contributed by atoms with E-state index in [2.05, 4.69) is 0 Å². The summed E-state index contributed by atoms with van der Waals surface area (Å²) in [6.07, 6.45) is 3.37. The molecule has 0 saturated heterocycles. The van der Waals surface area contributed by atoms with Gasteiger partial charge in [-0.15, -0.1) is 0 Å². The molecule has 1 aliphatic heterocycles. The van der Waals surface area contributed by atoms with Crippen molar-refractivity contribution >= 4 is 6.20 Å². The van der Waals surface area contributed by atoms with Gasteiger partial charge in [0.05, 0.1) is 6.54 Å². The highest BCUT2D eigenvalue weighted by atomic mass is 16.2. The van der Waals surface area contributed by atoms with Gasteiger partial charge in [-0.2, -0.15) is 0 Å². The molecule has 1 aliphatic rings. The van der Waals surface area contributed by atoms with Crippen LogP contribution < -0.4 is 11.1 Å². The maximum Gasteiger partial charge on any atom is 0.269 e. The van der Waals surface area contributed by atoms with Crippen LogP contribution in [0.4, 0.5) is 0 Å². The van der Waals surface area contributed by atoms with E-state index in [0.717, 1.165) is 0 Å². The quantitative estimate of drug-likeness (QED) is 0.500. The van der Waals surface area contributed by atoms with Crippen molar-refractivity contribution in [3.8, 4) is 0 Å². The van der Waals surface area contributed by atoms with Crippen LogP contribution in [-0.2, 0) is 6.54 Å². The molecule has 0 N–H and O–H groups in total. The van der Waals surface area contributed by atoms with Crippen molar-refractivity contribution in [2.24, 2.45) is 0 Å². The first-order chi connectivity index (χ1) is 5.29. The number of fused-ring (bicyclic) bond motifs is 1. The van der Waals surface area contributed by atoms with E-state index < -0.39 is 0 Å². The molecule has 4 nitrogen and oxygen atoms in total. The number of rotatable bonds is 0. The first-order valence-electron chi connectivity index (χ1n) is 3.28. The summed E-state index contributed by atoms with van der Waals surface area (Å²) >= 11 is 0. The fourth-order valence-electron chi connectivity index (χ4n) is 1.11. The molecule has 4 heteroatoms. The molecule has 0 saturated carbocycles. The number of allylic oxidation sites excluding steroid dienone is 1. The lowest BCUT2D eigenvalue weighted by atomic mass is 10.5. The lowest BCUT2D eigenvalue weighted by Gasteiger charge is -2.01. The van der Waals surface area contributed by atoms with Gasteiger partial charge in [-0.3, -0.25) is 9.59 Å². The van der Waals surface area contributed by atoms with E-state index in [4.69, 9.17) is 0 Å². The molecule has 0 atom stereocenters. The molecule has 1 aromatic heterocycles. The summed E-state index contributed by atoms with van der Waals surface area (Å²) in [5, 5.41) is 0. The molecule has 2 heterocycles. The van der Waals surface area contributed by atoms with Crippen molar-refractivity contribution in [3.63, 3.8) is 0 Å². The normalized spacial score (nSPS) is 13.5. The van der Waals surface area contributed by atoms with Crippen LogP contribution in [0.3, 0.4) is 0 Å². The van der Waals surface area contributed by atoms with E-state index in [1.165, 1.54) is 21.5 Å². The molecule has 2 rings (SSSR count). The smallest absolute Gasteiger partial charge is 0.268 e. The number of hydrogen-bond donors (Lipinski definition) is 0. The van der Waals surface area contributed by atoms with Gasteiger partial charge in [-0.1, -0.05) is 0 Å². The molecule has 0 radical (unpaired) electrons. The third-order valence-corrected chi connectivity index (χ3v) is 1.63. The highest BCUT2D eigenvalue weighted by Crippen LogP contribution is 1.91. The SMILES string of the molecule is O=c1ccc(=O)n2n1C=CC2. The fourth-order valence-corrected chi connectivity index (χ4v) is 1.11. The standard InChI is InChI=1S/C7H6N2O2/c10-6-2-3-7(11)9-5-1-4-8(6)9/h1-4H,5H2. The molecule has 0 spiro atoms. The van der Waals surface area contributed by atoms with Gasteiger partial charge in [0, 0.05) is 18.3 Å². The van der Waals surface area contributed by atoms with Crippen molar-refractivity contribution in [1.82, 2.24) is 9.36 Å². The van der Waals surface area contributed by atoms with E-state index in [0.29, 0.717) is 6.54 Å². The summed E-state index contributed by atoms with van der Waals surface area (Å²) in [4.78, 5) is 22.0. The Morgan fingerprint density at radius 1 is 1.18 bits per heavy atom. The molecular weight excluding hydrogens is 144 g/mol. The minimum absolute atomic E-state index is 0.144. The topological polar surface area (TPSA) is 44.0 Å². The zero-order chi connectivity index (χ0) is 7.84. The summed E-state index contributed by atoms with van der Waals surface area (Å²) in [5.74, 6) is 0. The Kier molecular flexibility index (Phi) is 1.09. The molecule has 0 aromatic carbocycles. The molecule has 1 aromatic rings. The molecular formula is C7H6N2O2. The second-order valence-electron chi connectivity index (χ2n) is 2.32. The van der Waals surface area contributed by atoms with E-state index >= 15 is 0 Å². The second kappa shape index (κ2) is 1.95. The second-order valence-corrected chi connectivity index (χ2v) is 2.32. The molecule has 0 amide bonds. The lowest BCUT2D eigenvalue weighted by molar-refractivity contribution is 0.604. The van der Waals surface area contributed by atoms with Crippen LogP contribution in [0.5, 0.6) is 0 Å². The van der Waals surface area contributed by atoms with Crippen molar-refractivity contribution in [2.75, 3.05) is 0 Å². The van der Waals surface area contributed by atoms with E-state index in [-0.39, 0.29) is 11.1 Å². The number of nitrogens with zero attached hydrogens (tertiary/aromatic N) is 2. The highest BCUT2D eigenvalue weighted by Gasteiger charge is 2.04. The van der Waals surface area contributed by atoms with Gasteiger partial charge < -0.3 is 0 Å². The lowest BCUT2D eigenvalue weighted by Crippen LogP contribution is -2.31. The van der Waals surface area contributed by atoms with E-state index in [9.17, 15) is 9.59 Å². The molecule has 56 valence electrons. The van der Waals surface area contributed by atoms with Gasteiger partial charge in [-0.25, -0.2) is 9.36 Å². The third-order valence-electron chi connectivity index (χ3n) is 1.63. The van der Waals surface area contributed by atoms with Crippen LogP contribution in [0.25, 0.3) is 6.20 Å². The van der Waals surface area contributed by atoms with E-state index in [1.54, 1.807) is 12.3 Å². The van der Waals surface area contributed by atoms with Crippen LogP contribution in [0.15, 0.2) is 27.8 Å². The Labute approximate surface area is 62.0 Å². The Bertz CT molecular complexity index is 425. The average molecular weight is 150 g/mol. The fraction of sp³-hybridized carbons (Fsp3) is 0.143. The predicted octanol–water partition coefficient (Wildman–Crippen LogP) is -0.506. The maximum absolute atomic E-state index is 11.0. The van der Waals surface area contributed by atoms with Crippen molar-refractivity contribution < 1.29 is 0 Å². The first-order valence-corrected chi connectivity index (χ1v) is 3.28. The Balaban J connectivity index is 2.92. The van der Waals surface area contributed by atoms with Gasteiger partial charge >= 0.3 is 0 Å². The maximum atomic E-state index is 11.0. The summed E-state index contributed by atoms with van der Waals surface area (Å²) < 4.78 is 2.69. The summed E-state index contributed by atoms with van der Waals surface area (Å²) in [6.45, 7) is 0.495. The van der Waals surface area contributed by atoms with Crippen LogP contribution >= 0.6 is 0 Å². The van der Waals surface area contributed by atoms with Gasteiger partial charge in [0.2, 0.25) is 0 Å². The van der Waals surface area contributed by atoms with Crippen LogP contribution in [0, 0.1) is 0 Å². The van der Waals surface area contributed by atoms with Gasteiger partial charge in [0.1, 0.15) is 0 Å². The average Bonchev–Trinajstić information content (AvgIpc) is 2.45. The van der Waals surface area contributed by atoms with Crippen molar-refractivity contribution in [1.29, 1.82) is 0 Å². The highest BCUT2D eigenvalue weighted by molar-refractivity contribution is 5.23. The molecule has 0 fully saturated rings. The Morgan fingerprint density at radius 2 is 1.91 bits per heavy atom. The number of aromatic nitrogens is 2. The molecule has 0 aliphatic carbocycles. The van der Waals surface area contributed by atoms with Crippen LogP contribution in [0.1, 0.15) is 0 Å². The summed E-state index contributed by atoms with van der Waals surface area (Å²) in [7, 11) is 0. The predicted molar refractivity (Wildman–Crippen MR) is 40.3 cm³/mol. The largest absolute Gasteiger partial charge is 0.269 e. The first kappa shape index (κ1) is 6.15. The Hall–Kier alpha value is -1.58. The summed E-state index contributed by atoms with van der Waals surface area (Å²) in [6, 6.07) is 2.56. The minimum atomic E-state index is -0.168. The van der Waals surface area contributed by atoms with Gasteiger partial charge in [0.25, 0.3) is 11.1 Å². The molecule has 11 heavy (non-hydrogen) atoms. The van der Waals surface area contributed by atoms with Crippen molar-refractivity contribution in [3.05, 3.63) is 38.9 Å². The molecule has 0 unspecified atom stereocenters. The van der Waals surface area contributed by atoms with Gasteiger partial charge in [-0.05, 0) is 6.08 Å². The van der Waals surface area contributed by atoms with E-state index in [1.807, 2.05) is 0 Å². The Morgan fingerprint density at radius 3 is 2.64 bits per heavy atom. The zero-order valence-electron chi connectivity index (χ0n) is 5.73. The van der Waals surface area contributed by atoms with Crippen LogP contribution in [-0.4, -0.2) is 9.36 Å². The third kappa shape index (κ3) is 0.756.